The van der Waals surface area contributed by atoms with Crippen LogP contribution in [0, 0.1) is 0 Å². The number of nitrogens with zero attached hydrogens (tertiary/aromatic N) is 1. The van der Waals surface area contributed by atoms with Crippen molar-refractivity contribution < 1.29 is 9.63 Å². The van der Waals surface area contributed by atoms with Crippen LogP contribution in [-0.4, -0.2) is 34.5 Å². The Morgan fingerprint density at radius 2 is 2.31 bits per heavy atom. The Hall–Kier alpha value is -0.220. The van der Waals surface area contributed by atoms with Gasteiger partial charge in [-0.15, -0.1) is 0 Å². The van der Waals surface area contributed by atoms with Crippen LogP contribution in [0.1, 0.15) is 27.2 Å². The highest BCUT2D eigenvalue weighted by molar-refractivity contribution is 8.30. The predicted molar refractivity (Wildman–Crippen MR) is 57.3 cm³/mol. The fourth-order valence-electron chi connectivity index (χ4n) is 1.44. The van der Waals surface area contributed by atoms with E-state index in [1.807, 2.05) is 6.92 Å². The van der Waals surface area contributed by atoms with E-state index in [9.17, 15) is 4.79 Å². The highest BCUT2D eigenvalue weighted by atomic mass is 32.2. The minimum Gasteiger partial charge on any atom is -0.271 e. The third kappa shape index (κ3) is 2.38. The lowest BCUT2D eigenvalue weighted by Crippen LogP contribution is -2.24. The quantitative estimate of drug-likeness (QED) is 0.713. The normalized spacial score (nSPS) is 28.1. The van der Waals surface area contributed by atoms with Crippen LogP contribution in [0.2, 0.25) is 0 Å². The fraction of sp³-hybridized carbons (Fsp3) is 0.889. The molecule has 3 nitrogen and oxygen atoms in total. The summed E-state index contributed by atoms with van der Waals surface area (Å²) in [5, 5.41) is 2.34. The molecular weight excluding hydrogens is 186 g/mol. The van der Waals surface area contributed by atoms with Crippen molar-refractivity contribution in [2.45, 2.75) is 32.4 Å². The SMILES string of the molecule is CCON1CC[SH](C(C)CC)C1=O. The van der Waals surface area contributed by atoms with Crippen LogP contribution in [0.15, 0.2) is 0 Å². The molecule has 1 fully saturated rings. The van der Waals surface area contributed by atoms with E-state index in [2.05, 4.69) is 13.8 Å². The average molecular weight is 205 g/mol. The lowest BCUT2D eigenvalue weighted by molar-refractivity contribution is -0.0961. The van der Waals surface area contributed by atoms with Gasteiger partial charge in [0.05, 0.1) is 13.2 Å². The number of hydroxylamine groups is 2. The summed E-state index contributed by atoms with van der Waals surface area (Å²) in [5.41, 5.74) is 0. The molecule has 0 aliphatic carbocycles. The second kappa shape index (κ2) is 4.86. The van der Waals surface area contributed by atoms with Gasteiger partial charge in [-0.2, -0.15) is 10.9 Å². The molecule has 1 amide bonds. The van der Waals surface area contributed by atoms with Crippen molar-refractivity contribution in [3.63, 3.8) is 0 Å². The van der Waals surface area contributed by atoms with Gasteiger partial charge in [0.1, 0.15) is 0 Å². The molecule has 13 heavy (non-hydrogen) atoms. The van der Waals surface area contributed by atoms with E-state index in [1.165, 1.54) is 0 Å². The summed E-state index contributed by atoms with van der Waals surface area (Å²) in [6.45, 7) is 7.61. The van der Waals surface area contributed by atoms with Crippen molar-refractivity contribution in [2.24, 2.45) is 0 Å². The molecule has 0 aromatic carbocycles. The third-order valence-corrected chi connectivity index (χ3v) is 5.24. The van der Waals surface area contributed by atoms with E-state index in [4.69, 9.17) is 4.84 Å². The lowest BCUT2D eigenvalue weighted by Gasteiger charge is -2.20. The van der Waals surface area contributed by atoms with Crippen molar-refractivity contribution in [3.05, 3.63) is 0 Å². The van der Waals surface area contributed by atoms with Crippen LogP contribution >= 0.6 is 10.9 Å². The molecular formula is C9H19NO2S. The van der Waals surface area contributed by atoms with Crippen molar-refractivity contribution in [3.8, 4) is 0 Å². The molecule has 2 unspecified atom stereocenters. The average Bonchev–Trinajstić information content (AvgIpc) is 2.48. The number of carbonyl (C=O) groups excluding carboxylic acids is 1. The van der Waals surface area contributed by atoms with Gasteiger partial charge >= 0.3 is 0 Å². The predicted octanol–water partition coefficient (Wildman–Crippen LogP) is 2.17. The first kappa shape index (κ1) is 10.9. The Labute approximate surface area is 82.7 Å². The largest absolute Gasteiger partial charge is 0.285 e. The third-order valence-electron chi connectivity index (χ3n) is 2.41. The molecule has 1 aliphatic heterocycles. The van der Waals surface area contributed by atoms with E-state index in [0.717, 1.165) is 18.7 Å². The molecule has 0 aromatic rings. The minimum atomic E-state index is -0.456. The van der Waals surface area contributed by atoms with Gasteiger partial charge in [-0.1, -0.05) is 13.8 Å². The Morgan fingerprint density at radius 1 is 1.62 bits per heavy atom. The minimum absolute atomic E-state index is 0.242. The number of amides is 1. The van der Waals surface area contributed by atoms with E-state index >= 15 is 0 Å². The Kier molecular flexibility index (Phi) is 4.06. The molecule has 4 heteroatoms. The first-order chi connectivity index (χ1) is 6.20. The monoisotopic (exact) mass is 205 g/mol. The summed E-state index contributed by atoms with van der Waals surface area (Å²) in [7, 11) is -0.456. The zero-order valence-electron chi connectivity index (χ0n) is 8.62. The van der Waals surface area contributed by atoms with Gasteiger partial charge in [-0.25, -0.2) is 5.06 Å². The Morgan fingerprint density at radius 3 is 2.85 bits per heavy atom. The standard InChI is InChI=1S/C9H19NO2S/c1-4-8(3)13-7-6-10(9(13)11)12-5-2/h8,13H,4-7H2,1-3H3. The summed E-state index contributed by atoms with van der Waals surface area (Å²) in [6, 6.07) is 0. The van der Waals surface area contributed by atoms with Gasteiger partial charge in [0.2, 0.25) is 0 Å². The van der Waals surface area contributed by atoms with Crippen LogP contribution in [0.3, 0.4) is 0 Å². The van der Waals surface area contributed by atoms with Crippen LogP contribution in [0.25, 0.3) is 0 Å². The fourth-order valence-corrected chi connectivity index (χ4v) is 3.73. The maximum absolute atomic E-state index is 11.7. The van der Waals surface area contributed by atoms with Gasteiger partial charge < -0.3 is 0 Å². The molecule has 1 heterocycles. The van der Waals surface area contributed by atoms with Crippen molar-refractivity contribution >= 4 is 16.1 Å². The summed E-state index contributed by atoms with van der Waals surface area (Å²) >= 11 is 0. The van der Waals surface area contributed by atoms with Gasteiger partial charge in [-0.05, 0) is 18.6 Å². The molecule has 0 saturated carbocycles. The van der Waals surface area contributed by atoms with Gasteiger partial charge in [0, 0.05) is 5.75 Å². The van der Waals surface area contributed by atoms with Crippen LogP contribution in [0.4, 0.5) is 4.79 Å². The maximum Gasteiger partial charge on any atom is 0.285 e. The molecule has 78 valence electrons. The van der Waals surface area contributed by atoms with Crippen LogP contribution < -0.4 is 0 Å². The van der Waals surface area contributed by atoms with Crippen LogP contribution in [0.5, 0.6) is 0 Å². The number of rotatable bonds is 4. The molecule has 0 N–H and O–H groups in total. The topological polar surface area (TPSA) is 29.5 Å². The van der Waals surface area contributed by atoms with E-state index in [1.54, 1.807) is 5.06 Å². The van der Waals surface area contributed by atoms with Crippen molar-refractivity contribution in [1.82, 2.24) is 5.06 Å². The Balaban J connectivity index is 2.49. The van der Waals surface area contributed by atoms with Gasteiger partial charge in [0.15, 0.2) is 0 Å². The molecule has 1 aliphatic rings. The second-order valence-corrected chi connectivity index (χ2v) is 5.90. The van der Waals surface area contributed by atoms with Crippen LogP contribution in [-0.2, 0) is 4.84 Å². The first-order valence-corrected chi connectivity index (χ1v) is 6.51. The highest BCUT2D eigenvalue weighted by Gasteiger charge is 2.31. The first-order valence-electron chi connectivity index (χ1n) is 4.91. The maximum atomic E-state index is 11.7. The van der Waals surface area contributed by atoms with Crippen molar-refractivity contribution in [1.29, 1.82) is 0 Å². The van der Waals surface area contributed by atoms with E-state index in [-0.39, 0.29) is 5.24 Å². The molecule has 2 atom stereocenters. The number of thiol groups is 1. The summed E-state index contributed by atoms with van der Waals surface area (Å²) in [6.07, 6.45) is 1.09. The smallest absolute Gasteiger partial charge is 0.271 e. The molecule has 0 aromatic heterocycles. The summed E-state index contributed by atoms with van der Waals surface area (Å²) < 4.78 is 0. The second-order valence-electron chi connectivity index (χ2n) is 3.25. The van der Waals surface area contributed by atoms with Gasteiger partial charge in [-0.3, -0.25) is 9.63 Å². The lowest BCUT2D eigenvalue weighted by atomic mass is 10.4. The molecule has 1 saturated heterocycles. The van der Waals surface area contributed by atoms with Crippen molar-refractivity contribution in [2.75, 3.05) is 18.9 Å². The van der Waals surface area contributed by atoms with E-state index < -0.39 is 10.9 Å². The number of hydrogen-bond donors (Lipinski definition) is 1. The summed E-state index contributed by atoms with van der Waals surface area (Å²) in [5.74, 6) is 1.02. The zero-order valence-corrected chi connectivity index (χ0v) is 9.51. The highest BCUT2D eigenvalue weighted by Crippen LogP contribution is 2.40. The molecule has 0 bridgehead atoms. The zero-order chi connectivity index (χ0) is 9.84. The molecule has 0 spiro atoms. The Bertz CT molecular complexity index is 186. The van der Waals surface area contributed by atoms with Gasteiger partial charge in [0.25, 0.3) is 5.24 Å². The number of carbonyl (C=O) groups is 1. The molecule has 1 rings (SSSR count). The number of hydrogen-bond acceptors (Lipinski definition) is 2. The summed E-state index contributed by atoms with van der Waals surface area (Å²) in [4.78, 5) is 17.0. The molecule has 0 radical (unpaired) electrons. The van der Waals surface area contributed by atoms with E-state index in [0.29, 0.717) is 11.9 Å².